The van der Waals surface area contributed by atoms with Crippen LogP contribution in [0.15, 0.2) is 72.8 Å². The first-order chi connectivity index (χ1) is 16.0. The second-order valence-corrected chi connectivity index (χ2v) is 7.32. The molecule has 0 bridgehead atoms. The van der Waals surface area contributed by atoms with Crippen LogP contribution in [0.1, 0.15) is 27.0 Å². The van der Waals surface area contributed by atoms with E-state index in [0.717, 1.165) is 5.56 Å². The van der Waals surface area contributed by atoms with Crippen LogP contribution in [0.2, 0.25) is 0 Å². The molecule has 166 valence electrons. The van der Waals surface area contributed by atoms with Gasteiger partial charge in [0.05, 0.1) is 0 Å². The maximum Gasteiger partial charge on any atom is 0.287 e. The monoisotopic (exact) mass is 441 g/mol. The Labute approximate surface area is 192 Å². The Morgan fingerprint density at radius 2 is 1.42 bits per heavy atom. The molecule has 0 heterocycles. The molecule has 2 N–H and O–H groups in total. The Kier molecular flexibility index (Phi) is 7.98. The van der Waals surface area contributed by atoms with Gasteiger partial charge in [-0.15, -0.1) is 6.42 Å². The van der Waals surface area contributed by atoms with Gasteiger partial charge < -0.3 is 15.2 Å². The van der Waals surface area contributed by atoms with E-state index in [0.29, 0.717) is 35.4 Å². The van der Waals surface area contributed by atoms with Crippen molar-refractivity contribution in [1.82, 2.24) is 5.32 Å². The van der Waals surface area contributed by atoms with Crippen LogP contribution < -0.4 is 10.1 Å². The summed E-state index contributed by atoms with van der Waals surface area (Å²) in [7, 11) is 0. The van der Waals surface area contributed by atoms with Crippen LogP contribution in [0, 0.1) is 12.3 Å². The Morgan fingerprint density at radius 3 is 2.03 bits per heavy atom. The second-order valence-electron chi connectivity index (χ2n) is 7.32. The normalized spacial score (nSPS) is 10.2. The molecule has 0 saturated heterocycles. The highest BCUT2D eigenvalue weighted by molar-refractivity contribution is 6.36. The fraction of sp³-hybridized carbons (Fsp3) is 0.148. The molecule has 0 aromatic heterocycles. The van der Waals surface area contributed by atoms with Crippen molar-refractivity contribution in [1.29, 1.82) is 0 Å². The largest absolute Gasteiger partial charge is 0.508 e. The van der Waals surface area contributed by atoms with E-state index in [1.54, 1.807) is 72.8 Å². The average Bonchev–Trinajstić information content (AvgIpc) is 2.84. The number of terminal acetylenes is 1. The highest BCUT2D eigenvalue weighted by atomic mass is 16.5. The van der Waals surface area contributed by atoms with E-state index in [4.69, 9.17) is 11.2 Å². The van der Waals surface area contributed by atoms with Crippen LogP contribution in [-0.4, -0.2) is 35.7 Å². The number of hydrogen-bond donors (Lipinski definition) is 2. The van der Waals surface area contributed by atoms with Gasteiger partial charge in [-0.2, -0.15) is 0 Å². The third-order valence-electron chi connectivity index (χ3n) is 4.91. The lowest BCUT2D eigenvalue weighted by Gasteiger charge is -2.07. The molecule has 0 aliphatic rings. The number of carbonyl (C=O) groups is 3. The average molecular weight is 441 g/mol. The Balaban J connectivity index is 1.50. The van der Waals surface area contributed by atoms with E-state index < -0.39 is 11.7 Å². The quantitative estimate of drug-likeness (QED) is 0.287. The van der Waals surface area contributed by atoms with Gasteiger partial charge in [0.15, 0.2) is 5.78 Å². The van der Waals surface area contributed by atoms with E-state index in [1.165, 1.54) is 0 Å². The molecule has 0 radical (unpaired) electrons. The minimum Gasteiger partial charge on any atom is -0.508 e. The van der Waals surface area contributed by atoms with Crippen molar-refractivity contribution in [2.24, 2.45) is 0 Å². The molecule has 0 aliphatic carbocycles. The molecule has 0 spiro atoms. The Morgan fingerprint density at radius 1 is 0.848 bits per heavy atom. The van der Waals surface area contributed by atoms with Crippen molar-refractivity contribution in [3.63, 3.8) is 0 Å². The van der Waals surface area contributed by atoms with Crippen molar-refractivity contribution < 1.29 is 24.2 Å². The number of amides is 1. The highest BCUT2D eigenvalue weighted by Crippen LogP contribution is 2.16. The van der Waals surface area contributed by atoms with E-state index in [-0.39, 0.29) is 24.6 Å². The number of ether oxygens (including phenoxy) is 1. The molecule has 6 heteroatoms. The van der Waals surface area contributed by atoms with Crippen LogP contribution in [0.25, 0.3) is 0 Å². The van der Waals surface area contributed by atoms with E-state index in [1.807, 2.05) is 0 Å². The molecule has 1 amide bonds. The topological polar surface area (TPSA) is 92.7 Å². The molecule has 33 heavy (non-hydrogen) atoms. The van der Waals surface area contributed by atoms with Crippen LogP contribution in [0.4, 0.5) is 0 Å². The lowest BCUT2D eigenvalue weighted by atomic mass is 10.0. The molecule has 0 unspecified atom stereocenters. The molecule has 6 nitrogen and oxygen atoms in total. The number of carbonyl (C=O) groups excluding carboxylic acids is 3. The molecule has 3 aromatic rings. The van der Waals surface area contributed by atoms with Gasteiger partial charge in [-0.25, -0.2) is 0 Å². The molecule has 0 saturated carbocycles. The number of aromatic hydroxyl groups is 1. The molecule has 0 aliphatic heterocycles. The third-order valence-corrected chi connectivity index (χ3v) is 4.91. The first-order valence-electron chi connectivity index (χ1n) is 10.3. The molecule has 0 atom stereocenters. The zero-order valence-corrected chi connectivity index (χ0v) is 17.9. The van der Waals surface area contributed by atoms with E-state index in [2.05, 4.69) is 11.2 Å². The first-order valence-corrected chi connectivity index (χ1v) is 10.3. The summed E-state index contributed by atoms with van der Waals surface area (Å²) in [6.07, 6.45) is 5.65. The number of phenolic OH excluding ortho intramolecular Hbond substituents is 1. The second kappa shape index (κ2) is 11.3. The fourth-order valence-electron chi connectivity index (χ4n) is 3.12. The maximum absolute atomic E-state index is 12.6. The zero-order chi connectivity index (χ0) is 23.6. The minimum absolute atomic E-state index is 0.0548. The summed E-state index contributed by atoms with van der Waals surface area (Å²) >= 11 is 0. The van der Waals surface area contributed by atoms with Gasteiger partial charge in [-0.05, 0) is 53.9 Å². The maximum atomic E-state index is 12.6. The summed E-state index contributed by atoms with van der Waals surface area (Å²) in [5, 5.41) is 11.9. The summed E-state index contributed by atoms with van der Waals surface area (Å²) in [6, 6.07) is 19.9. The van der Waals surface area contributed by atoms with Crippen molar-refractivity contribution in [2.75, 3.05) is 13.2 Å². The number of rotatable bonds is 10. The number of phenols is 1. The van der Waals surface area contributed by atoms with E-state index in [9.17, 15) is 19.5 Å². The smallest absolute Gasteiger partial charge is 0.287 e. The van der Waals surface area contributed by atoms with Gasteiger partial charge in [0, 0.05) is 24.1 Å². The van der Waals surface area contributed by atoms with Crippen LogP contribution in [0.5, 0.6) is 11.5 Å². The lowest BCUT2D eigenvalue weighted by molar-refractivity contribution is -0.137. The van der Waals surface area contributed by atoms with Gasteiger partial charge in [0.1, 0.15) is 18.1 Å². The van der Waals surface area contributed by atoms with Gasteiger partial charge in [0.2, 0.25) is 5.78 Å². The van der Waals surface area contributed by atoms with Gasteiger partial charge in [-0.1, -0.05) is 42.3 Å². The highest BCUT2D eigenvalue weighted by Gasteiger charge is 2.15. The summed E-state index contributed by atoms with van der Waals surface area (Å²) in [5.41, 5.74) is 2.56. The summed E-state index contributed by atoms with van der Waals surface area (Å²) in [6.45, 7) is 0.471. The SMILES string of the molecule is C#CCOc1ccc(C(=O)c2ccc(CC(=O)C(=O)NCCc3ccc(O)cc3)cc2)cc1. The Bertz CT molecular complexity index is 1160. The number of nitrogens with one attached hydrogen (secondary N) is 1. The van der Waals surface area contributed by atoms with Crippen LogP contribution >= 0.6 is 0 Å². The number of benzene rings is 3. The molecular formula is C27H23NO5. The summed E-state index contributed by atoms with van der Waals surface area (Å²) < 4.78 is 5.30. The van der Waals surface area contributed by atoms with Crippen LogP contribution in [-0.2, 0) is 22.4 Å². The predicted molar refractivity (Wildman–Crippen MR) is 124 cm³/mol. The van der Waals surface area contributed by atoms with Crippen LogP contribution in [0.3, 0.4) is 0 Å². The summed E-state index contributed by atoms with van der Waals surface area (Å²) in [4.78, 5) is 36.9. The fourth-order valence-corrected chi connectivity index (χ4v) is 3.12. The minimum atomic E-state index is -0.652. The standard InChI is InChI=1S/C27H23NO5/c1-2-17-33-24-13-9-22(10-14-24)26(31)21-7-3-20(4-8-21)18-25(30)27(32)28-16-15-19-5-11-23(29)12-6-19/h1,3-14,29H,15-18H2,(H,28,32). The lowest BCUT2D eigenvalue weighted by Crippen LogP contribution is -2.33. The molecule has 3 aromatic carbocycles. The van der Waals surface area contributed by atoms with Gasteiger partial charge >= 0.3 is 0 Å². The predicted octanol–water partition coefficient (Wildman–Crippen LogP) is 3.11. The first kappa shape index (κ1) is 23.3. The van der Waals surface area contributed by atoms with Crippen molar-refractivity contribution in [2.45, 2.75) is 12.8 Å². The Hall–Kier alpha value is -4.37. The van der Waals surface area contributed by atoms with Gasteiger partial charge in [-0.3, -0.25) is 14.4 Å². The summed E-state index contributed by atoms with van der Waals surface area (Å²) in [5.74, 6) is 1.77. The van der Waals surface area contributed by atoms with Crippen molar-refractivity contribution >= 4 is 17.5 Å². The molecular weight excluding hydrogens is 418 g/mol. The van der Waals surface area contributed by atoms with Gasteiger partial charge in [0.25, 0.3) is 5.91 Å². The molecule has 3 rings (SSSR count). The number of hydrogen-bond acceptors (Lipinski definition) is 5. The zero-order valence-electron chi connectivity index (χ0n) is 17.9. The van der Waals surface area contributed by atoms with Crippen molar-refractivity contribution in [3.05, 3.63) is 95.1 Å². The third kappa shape index (κ3) is 6.81. The number of Topliss-reactive ketones (excluding diaryl/α,β-unsaturated/α-hetero) is 1. The van der Waals surface area contributed by atoms with E-state index >= 15 is 0 Å². The molecule has 0 fully saturated rings. The van der Waals surface area contributed by atoms with Crippen molar-refractivity contribution in [3.8, 4) is 23.8 Å². The number of ketones is 2.